The molecule has 0 spiro atoms. The number of amides is 1. The molecule has 0 saturated carbocycles. The van der Waals surface area contributed by atoms with Gasteiger partial charge in [0, 0.05) is 29.9 Å². The molecule has 0 saturated heterocycles. The Bertz CT molecular complexity index is 1270. The molecular weight excluding hydrogens is 478 g/mol. The number of ether oxygens (including phenoxy) is 2. The van der Waals surface area contributed by atoms with Crippen LogP contribution in [0.1, 0.15) is 48.3 Å². The van der Waals surface area contributed by atoms with Gasteiger partial charge in [0.15, 0.2) is 0 Å². The summed E-state index contributed by atoms with van der Waals surface area (Å²) < 4.78 is 39.1. The van der Waals surface area contributed by atoms with Crippen molar-refractivity contribution in [3.63, 3.8) is 0 Å². The summed E-state index contributed by atoms with van der Waals surface area (Å²) in [7, 11) is -0.687. The Hall–Kier alpha value is -3.56. The maximum atomic E-state index is 13.1. The van der Waals surface area contributed by atoms with E-state index in [1.54, 1.807) is 40.2 Å². The smallest absolute Gasteiger partial charge is 0.251 e. The molecule has 0 aliphatic rings. The van der Waals surface area contributed by atoms with Crippen LogP contribution < -0.4 is 24.8 Å². The first-order valence-electron chi connectivity index (χ1n) is 11.6. The lowest BCUT2D eigenvalue weighted by molar-refractivity contribution is 0.0939. The molecule has 0 heterocycles. The molecule has 36 heavy (non-hydrogen) atoms. The number of methoxy groups -OCH3 is 2. The molecule has 9 heteroatoms. The van der Waals surface area contributed by atoms with Gasteiger partial charge >= 0.3 is 0 Å². The van der Waals surface area contributed by atoms with Crippen molar-refractivity contribution in [1.82, 2.24) is 10.0 Å². The van der Waals surface area contributed by atoms with Crippen LogP contribution in [0.15, 0.2) is 71.6 Å². The molecule has 0 aliphatic carbocycles. The first-order chi connectivity index (χ1) is 17.1. The van der Waals surface area contributed by atoms with E-state index in [-0.39, 0.29) is 28.4 Å². The molecule has 3 aromatic carbocycles. The van der Waals surface area contributed by atoms with Gasteiger partial charge in [0.1, 0.15) is 11.5 Å². The number of carbonyl (C=O) groups excluding carboxylic acids is 1. The fourth-order valence-corrected chi connectivity index (χ4v) is 4.96. The van der Waals surface area contributed by atoms with Crippen molar-refractivity contribution in [2.75, 3.05) is 19.5 Å². The minimum Gasteiger partial charge on any atom is -0.497 e. The van der Waals surface area contributed by atoms with Crippen molar-refractivity contribution in [2.45, 2.75) is 44.3 Å². The number of anilines is 1. The lowest BCUT2D eigenvalue weighted by atomic mass is 10.1. The maximum absolute atomic E-state index is 13.1. The third kappa shape index (κ3) is 7.22. The van der Waals surface area contributed by atoms with Gasteiger partial charge in [0.05, 0.1) is 25.2 Å². The van der Waals surface area contributed by atoms with Gasteiger partial charge in [0.25, 0.3) is 5.91 Å². The average Bonchev–Trinajstić information content (AvgIpc) is 2.86. The Labute approximate surface area is 213 Å². The van der Waals surface area contributed by atoms with Crippen molar-refractivity contribution < 1.29 is 22.7 Å². The monoisotopic (exact) mass is 511 g/mol. The standard InChI is InChI=1S/C27H33N3O5S/c1-18(2)30-36(32,33)26-14-22(27(31)29-19(3)21-9-7-6-8-10-21)13-23(15-26)28-17-20-11-24(34-4)16-25(12-20)35-5/h6-16,18-19,28,30H,17H2,1-5H3,(H,29,31)/t19-/m0/s1. The fraction of sp³-hybridized carbons (Fsp3) is 0.296. The highest BCUT2D eigenvalue weighted by molar-refractivity contribution is 7.89. The van der Waals surface area contributed by atoms with Crippen LogP contribution >= 0.6 is 0 Å². The summed E-state index contributed by atoms with van der Waals surface area (Å²) in [5.74, 6) is 0.899. The summed E-state index contributed by atoms with van der Waals surface area (Å²) in [5.41, 5.74) is 2.53. The minimum atomic E-state index is -3.83. The Morgan fingerprint density at radius 3 is 2.11 bits per heavy atom. The summed E-state index contributed by atoms with van der Waals surface area (Å²) in [6.45, 7) is 5.72. The van der Waals surface area contributed by atoms with Crippen molar-refractivity contribution in [1.29, 1.82) is 0 Å². The largest absolute Gasteiger partial charge is 0.497 e. The van der Waals surface area contributed by atoms with Crippen LogP contribution in [0.4, 0.5) is 5.69 Å². The number of sulfonamides is 1. The van der Waals surface area contributed by atoms with Crippen LogP contribution in [0.2, 0.25) is 0 Å². The summed E-state index contributed by atoms with van der Waals surface area (Å²) in [6, 6.07) is 19.0. The molecule has 3 aromatic rings. The zero-order valence-electron chi connectivity index (χ0n) is 21.2. The fourth-order valence-electron chi connectivity index (χ4n) is 3.64. The molecule has 1 amide bonds. The van der Waals surface area contributed by atoms with E-state index >= 15 is 0 Å². The Kier molecular flexibility index (Phi) is 8.95. The normalized spacial score (nSPS) is 12.2. The number of hydrogen-bond acceptors (Lipinski definition) is 6. The Balaban J connectivity index is 1.91. The van der Waals surface area contributed by atoms with Gasteiger partial charge in [-0.15, -0.1) is 0 Å². The zero-order chi connectivity index (χ0) is 26.3. The summed E-state index contributed by atoms with van der Waals surface area (Å²) in [4.78, 5) is 13.1. The molecule has 0 aliphatic heterocycles. The van der Waals surface area contributed by atoms with E-state index in [2.05, 4.69) is 15.4 Å². The number of hydrogen-bond donors (Lipinski definition) is 3. The number of benzene rings is 3. The highest BCUT2D eigenvalue weighted by atomic mass is 32.2. The molecule has 3 N–H and O–H groups in total. The number of carbonyl (C=O) groups is 1. The minimum absolute atomic E-state index is 0.00179. The van der Waals surface area contributed by atoms with Crippen LogP contribution in [-0.2, 0) is 16.6 Å². The second kappa shape index (κ2) is 11.9. The van der Waals surface area contributed by atoms with E-state index in [4.69, 9.17) is 9.47 Å². The first-order valence-corrected chi connectivity index (χ1v) is 13.1. The molecule has 8 nitrogen and oxygen atoms in total. The SMILES string of the molecule is COc1cc(CNc2cc(C(=O)N[C@@H](C)c3ccccc3)cc(S(=O)(=O)NC(C)C)c2)cc(OC)c1. The highest BCUT2D eigenvalue weighted by Gasteiger charge is 2.20. The van der Waals surface area contributed by atoms with Crippen molar-refractivity contribution >= 4 is 21.6 Å². The number of nitrogens with one attached hydrogen (secondary N) is 3. The lowest BCUT2D eigenvalue weighted by Gasteiger charge is -2.17. The van der Waals surface area contributed by atoms with Crippen molar-refractivity contribution in [2.24, 2.45) is 0 Å². The topological polar surface area (TPSA) is 106 Å². The van der Waals surface area contributed by atoms with Gasteiger partial charge in [-0.25, -0.2) is 13.1 Å². The molecule has 0 radical (unpaired) electrons. The van der Waals surface area contributed by atoms with Gasteiger partial charge in [-0.05, 0) is 62.2 Å². The first kappa shape index (κ1) is 27.0. The third-order valence-corrected chi connectivity index (χ3v) is 7.06. The molecule has 0 fully saturated rings. The van der Waals surface area contributed by atoms with Gasteiger partial charge in [-0.2, -0.15) is 0 Å². The molecule has 0 unspecified atom stereocenters. The lowest BCUT2D eigenvalue weighted by Crippen LogP contribution is -2.31. The zero-order valence-corrected chi connectivity index (χ0v) is 22.0. The third-order valence-electron chi connectivity index (χ3n) is 5.42. The van der Waals surface area contributed by atoms with E-state index in [0.29, 0.717) is 23.7 Å². The molecule has 192 valence electrons. The molecule has 3 rings (SSSR count). The predicted octanol–water partition coefficient (Wildman–Crippen LogP) is 4.49. The predicted molar refractivity (Wildman–Crippen MR) is 141 cm³/mol. The second-order valence-electron chi connectivity index (χ2n) is 8.70. The molecular formula is C27H33N3O5S. The van der Waals surface area contributed by atoms with E-state index in [1.165, 1.54) is 12.1 Å². The molecule has 1 atom stereocenters. The Morgan fingerprint density at radius 2 is 1.53 bits per heavy atom. The van der Waals surface area contributed by atoms with Crippen LogP contribution in [0.3, 0.4) is 0 Å². The van der Waals surface area contributed by atoms with Crippen LogP contribution in [0, 0.1) is 0 Å². The van der Waals surface area contributed by atoms with E-state index in [0.717, 1.165) is 11.1 Å². The number of rotatable bonds is 11. The average molecular weight is 512 g/mol. The van der Waals surface area contributed by atoms with Crippen molar-refractivity contribution in [3.05, 3.63) is 83.4 Å². The maximum Gasteiger partial charge on any atom is 0.251 e. The van der Waals surface area contributed by atoms with E-state index < -0.39 is 10.0 Å². The highest BCUT2D eigenvalue weighted by Crippen LogP contribution is 2.25. The van der Waals surface area contributed by atoms with E-state index in [9.17, 15) is 13.2 Å². The van der Waals surface area contributed by atoms with E-state index in [1.807, 2.05) is 49.4 Å². The van der Waals surface area contributed by atoms with Gasteiger partial charge < -0.3 is 20.1 Å². The quantitative estimate of drug-likeness (QED) is 0.350. The summed E-state index contributed by atoms with van der Waals surface area (Å²) in [6.07, 6.45) is 0. The van der Waals surface area contributed by atoms with Crippen LogP contribution in [0.5, 0.6) is 11.5 Å². The van der Waals surface area contributed by atoms with Gasteiger partial charge in [-0.1, -0.05) is 30.3 Å². The Morgan fingerprint density at radius 1 is 0.889 bits per heavy atom. The summed E-state index contributed by atoms with van der Waals surface area (Å²) >= 11 is 0. The molecule has 0 bridgehead atoms. The van der Waals surface area contributed by atoms with Crippen LogP contribution in [0.25, 0.3) is 0 Å². The van der Waals surface area contributed by atoms with Crippen LogP contribution in [-0.4, -0.2) is 34.6 Å². The van der Waals surface area contributed by atoms with Gasteiger partial charge in [-0.3, -0.25) is 4.79 Å². The van der Waals surface area contributed by atoms with Crippen molar-refractivity contribution in [3.8, 4) is 11.5 Å². The van der Waals surface area contributed by atoms with Gasteiger partial charge in [0.2, 0.25) is 10.0 Å². The second-order valence-corrected chi connectivity index (χ2v) is 10.4. The molecule has 0 aromatic heterocycles. The summed E-state index contributed by atoms with van der Waals surface area (Å²) in [5, 5.41) is 6.17.